The topological polar surface area (TPSA) is 38.7 Å². The Morgan fingerprint density at radius 1 is 1.44 bits per heavy atom. The number of aliphatic hydroxyl groups excluding tert-OH is 1. The van der Waals surface area contributed by atoms with Gasteiger partial charge in [-0.25, -0.2) is 0 Å². The van der Waals surface area contributed by atoms with Gasteiger partial charge in [0.15, 0.2) is 0 Å². The van der Waals surface area contributed by atoms with Gasteiger partial charge in [-0.1, -0.05) is 0 Å². The zero-order chi connectivity index (χ0) is 7.28. The van der Waals surface area contributed by atoms with Gasteiger partial charge in [0.1, 0.15) is 0 Å². The van der Waals surface area contributed by atoms with Gasteiger partial charge in [0, 0.05) is 20.3 Å². The molecule has 0 aromatic rings. The average molecular weight is 150 g/mol. The summed E-state index contributed by atoms with van der Waals surface area (Å²) in [5, 5.41) is 8.86. The molecule has 0 spiro atoms. The lowest BCUT2D eigenvalue weighted by atomic mass is 10.5. The van der Waals surface area contributed by atoms with Gasteiger partial charge in [0.2, 0.25) is 0 Å². The van der Waals surface area contributed by atoms with Gasteiger partial charge in [-0.3, -0.25) is 0 Å². The van der Waals surface area contributed by atoms with Crippen LogP contribution in [0.3, 0.4) is 0 Å². The summed E-state index contributed by atoms with van der Waals surface area (Å²) in [4.78, 5) is 0. The number of rotatable bonds is 4. The molecule has 0 bridgehead atoms. The molecule has 1 atom stereocenters. The first kappa shape index (κ1) is 9.10. The summed E-state index contributed by atoms with van der Waals surface area (Å²) >= 11 is 0. The third-order valence-electron chi connectivity index (χ3n) is 1.06. The molecule has 0 aromatic heterocycles. The Hall–Kier alpha value is 0.0969. The van der Waals surface area contributed by atoms with Crippen LogP contribution in [0.1, 0.15) is 6.92 Å². The van der Waals surface area contributed by atoms with Gasteiger partial charge >= 0.3 is 9.28 Å². The molecule has 0 fully saturated rings. The first-order chi connectivity index (χ1) is 4.20. The molecule has 0 heterocycles. The van der Waals surface area contributed by atoms with Crippen molar-refractivity contribution in [3.05, 3.63) is 0 Å². The molecule has 1 N–H and O–H groups in total. The number of hydrogen-bond donors (Lipinski definition) is 1. The van der Waals surface area contributed by atoms with Crippen molar-refractivity contribution in [2.24, 2.45) is 0 Å². The summed E-state index contributed by atoms with van der Waals surface area (Å²) in [6.45, 7) is 1.73. The van der Waals surface area contributed by atoms with Crippen LogP contribution in [0.25, 0.3) is 0 Å². The van der Waals surface area contributed by atoms with Gasteiger partial charge in [-0.15, -0.1) is 0 Å². The normalized spacial score (nSPS) is 14.3. The van der Waals surface area contributed by atoms with E-state index in [0.29, 0.717) is 6.04 Å². The van der Waals surface area contributed by atoms with Crippen molar-refractivity contribution in [3.8, 4) is 0 Å². The van der Waals surface area contributed by atoms with Crippen molar-refractivity contribution >= 4 is 9.28 Å². The summed E-state index contributed by atoms with van der Waals surface area (Å²) in [6, 6.07) is 0.660. The minimum atomic E-state index is -1.50. The molecule has 0 rings (SSSR count). The van der Waals surface area contributed by atoms with E-state index in [0.717, 1.165) is 0 Å². The molecule has 0 aliphatic carbocycles. The van der Waals surface area contributed by atoms with Crippen LogP contribution in [0.4, 0.5) is 0 Å². The van der Waals surface area contributed by atoms with Gasteiger partial charge in [0.05, 0.1) is 6.10 Å². The van der Waals surface area contributed by atoms with Crippen molar-refractivity contribution in [2.75, 3.05) is 14.2 Å². The van der Waals surface area contributed by atoms with Gasteiger partial charge in [-0.2, -0.15) is 0 Å². The molecule has 0 saturated heterocycles. The van der Waals surface area contributed by atoms with Crippen molar-refractivity contribution in [3.63, 3.8) is 0 Å². The molecule has 0 aromatic carbocycles. The summed E-state index contributed by atoms with van der Waals surface area (Å²) in [6.07, 6.45) is -0.304. The SMILES string of the molecule is CO[SiH](CC(C)O)OC. The van der Waals surface area contributed by atoms with E-state index in [9.17, 15) is 0 Å². The minimum Gasteiger partial charge on any atom is -0.400 e. The van der Waals surface area contributed by atoms with E-state index in [2.05, 4.69) is 0 Å². The molecule has 0 aliphatic heterocycles. The molecule has 9 heavy (non-hydrogen) atoms. The van der Waals surface area contributed by atoms with Gasteiger partial charge in [-0.05, 0) is 6.92 Å². The first-order valence-electron chi connectivity index (χ1n) is 2.94. The van der Waals surface area contributed by atoms with E-state index in [1.165, 1.54) is 0 Å². The molecule has 4 heteroatoms. The fourth-order valence-corrected chi connectivity index (χ4v) is 1.70. The van der Waals surface area contributed by atoms with Crippen LogP contribution in [0.15, 0.2) is 0 Å². The van der Waals surface area contributed by atoms with Crippen LogP contribution in [0.5, 0.6) is 0 Å². The van der Waals surface area contributed by atoms with Gasteiger partial charge < -0.3 is 14.0 Å². The van der Waals surface area contributed by atoms with E-state index >= 15 is 0 Å². The predicted octanol–water partition coefficient (Wildman–Crippen LogP) is -0.120. The monoisotopic (exact) mass is 150 g/mol. The summed E-state index contributed by atoms with van der Waals surface area (Å²) in [5.74, 6) is 0. The summed E-state index contributed by atoms with van der Waals surface area (Å²) in [5.41, 5.74) is 0. The maximum atomic E-state index is 8.86. The first-order valence-corrected chi connectivity index (χ1v) is 4.70. The van der Waals surface area contributed by atoms with Crippen molar-refractivity contribution in [1.29, 1.82) is 0 Å². The van der Waals surface area contributed by atoms with Crippen LogP contribution in [-0.4, -0.2) is 34.7 Å². The fourth-order valence-electron chi connectivity index (χ4n) is 0.567. The predicted molar refractivity (Wildman–Crippen MR) is 37.7 cm³/mol. The molecular formula is C5H14O3Si. The lowest BCUT2D eigenvalue weighted by Gasteiger charge is -2.11. The fraction of sp³-hybridized carbons (Fsp3) is 1.00. The standard InChI is InChI=1S/C5H14O3Si/c1-5(6)4-9(7-2)8-3/h5-6,9H,4H2,1-3H3. The highest BCUT2D eigenvalue weighted by atomic mass is 28.3. The van der Waals surface area contributed by atoms with Crippen LogP contribution >= 0.6 is 0 Å². The second-order valence-corrected chi connectivity index (χ2v) is 4.26. The lowest BCUT2D eigenvalue weighted by molar-refractivity contribution is 0.191. The van der Waals surface area contributed by atoms with Crippen LogP contribution < -0.4 is 0 Å². The van der Waals surface area contributed by atoms with Crippen LogP contribution in [0.2, 0.25) is 6.04 Å². The Morgan fingerprint density at radius 3 is 2.00 bits per heavy atom. The molecule has 3 nitrogen and oxygen atoms in total. The van der Waals surface area contributed by atoms with Crippen molar-refractivity contribution in [1.82, 2.24) is 0 Å². The minimum absolute atomic E-state index is 0.304. The molecule has 0 aliphatic rings. The highest BCUT2D eigenvalue weighted by Gasteiger charge is 2.11. The smallest absolute Gasteiger partial charge is 0.323 e. The molecule has 0 amide bonds. The van der Waals surface area contributed by atoms with E-state index in [1.807, 2.05) is 0 Å². The number of hydrogen-bond acceptors (Lipinski definition) is 3. The van der Waals surface area contributed by atoms with Gasteiger partial charge in [0.25, 0.3) is 0 Å². The molecule has 0 saturated carbocycles. The maximum Gasteiger partial charge on any atom is 0.323 e. The van der Waals surface area contributed by atoms with E-state index in [-0.39, 0.29) is 6.10 Å². The quantitative estimate of drug-likeness (QED) is 0.568. The molecule has 56 valence electrons. The lowest BCUT2D eigenvalue weighted by Crippen LogP contribution is -2.23. The summed E-state index contributed by atoms with van der Waals surface area (Å²) < 4.78 is 9.93. The highest BCUT2D eigenvalue weighted by molar-refractivity contribution is 6.44. The van der Waals surface area contributed by atoms with Crippen molar-refractivity contribution < 1.29 is 14.0 Å². The Bertz CT molecular complexity index is 63.2. The zero-order valence-corrected chi connectivity index (χ0v) is 7.28. The third kappa shape index (κ3) is 4.59. The van der Waals surface area contributed by atoms with E-state index in [1.54, 1.807) is 21.1 Å². The molecular weight excluding hydrogens is 136 g/mol. The van der Waals surface area contributed by atoms with E-state index in [4.69, 9.17) is 14.0 Å². The second kappa shape index (κ2) is 4.93. The Labute approximate surface area is 57.4 Å². The highest BCUT2D eigenvalue weighted by Crippen LogP contribution is 1.98. The van der Waals surface area contributed by atoms with Crippen LogP contribution in [-0.2, 0) is 8.85 Å². The maximum absolute atomic E-state index is 8.86. The Kier molecular flexibility index (Phi) is 4.98. The van der Waals surface area contributed by atoms with E-state index < -0.39 is 9.28 Å². The second-order valence-electron chi connectivity index (χ2n) is 1.99. The largest absolute Gasteiger partial charge is 0.400 e. The number of aliphatic hydroxyl groups is 1. The third-order valence-corrected chi connectivity index (χ3v) is 3.18. The molecule has 0 radical (unpaired) electrons. The van der Waals surface area contributed by atoms with Crippen molar-refractivity contribution in [2.45, 2.75) is 19.1 Å². The summed E-state index contributed by atoms with van der Waals surface area (Å²) in [7, 11) is 1.73. The average Bonchev–Trinajstić information content (AvgIpc) is 1.82. The Balaban J connectivity index is 3.31. The molecule has 1 unspecified atom stereocenters. The van der Waals surface area contributed by atoms with Crippen LogP contribution in [0, 0.1) is 0 Å². The zero-order valence-electron chi connectivity index (χ0n) is 6.13. The Morgan fingerprint density at radius 2 is 1.89 bits per heavy atom.